The van der Waals surface area contributed by atoms with Gasteiger partial charge in [-0.2, -0.15) is 0 Å². The summed E-state index contributed by atoms with van der Waals surface area (Å²) in [4.78, 5) is 26.5. The molecule has 25 heavy (non-hydrogen) atoms. The Bertz CT molecular complexity index is 801. The van der Waals surface area contributed by atoms with E-state index in [-0.39, 0.29) is 37.1 Å². The minimum Gasteiger partial charge on any atom is -0.359 e. The number of amides is 2. The summed E-state index contributed by atoms with van der Waals surface area (Å²) in [7, 11) is 1.55. The molecule has 0 radical (unpaired) electrons. The number of nitrogens with one attached hydrogen (secondary N) is 1. The van der Waals surface area contributed by atoms with Crippen molar-refractivity contribution in [2.45, 2.75) is 6.42 Å². The topological polar surface area (TPSA) is 49.4 Å². The summed E-state index contributed by atoms with van der Waals surface area (Å²) in [6.45, 7) is 0.505. The number of carbonyl (C=O) groups excluding carboxylic acids is 2. The highest BCUT2D eigenvalue weighted by Crippen LogP contribution is 2.36. The molecule has 0 aromatic heterocycles. The van der Waals surface area contributed by atoms with Gasteiger partial charge in [0.05, 0.1) is 5.41 Å². The van der Waals surface area contributed by atoms with Gasteiger partial charge in [-0.05, 0) is 42.3 Å². The summed E-state index contributed by atoms with van der Waals surface area (Å²) >= 11 is 5.84. The molecule has 0 atom stereocenters. The summed E-state index contributed by atoms with van der Waals surface area (Å²) in [6, 6.07) is 13.0. The minimum atomic E-state index is -0.807. The lowest BCUT2D eigenvalue weighted by Gasteiger charge is -2.48. The van der Waals surface area contributed by atoms with Gasteiger partial charge in [-0.25, -0.2) is 4.39 Å². The van der Waals surface area contributed by atoms with Crippen LogP contribution in [-0.2, 0) is 11.2 Å². The van der Waals surface area contributed by atoms with Gasteiger partial charge in [-0.1, -0.05) is 29.8 Å². The fourth-order valence-electron chi connectivity index (χ4n) is 3.21. The van der Waals surface area contributed by atoms with Crippen molar-refractivity contribution >= 4 is 23.4 Å². The predicted molar refractivity (Wildman–Crippen MR) is 94.0 cm³/mol. The number of halogens is 2. The van der Waals surface area contributed by atoms with Crippen molar-refractivity contribution in [3.8, 4) is 0 Å². The molecule has 0 aliphatic carbocycles. The molecule has 6 heteroatoms. The molecule has 1 fully saturated rings. The third kappa shape index (κ3) is 3.37. The average Bonchev–Trinajstić information content (AvgIpc) is 2.58. The number of likely N-dealkylation sites (tertiary alicyclic amines) is 1. The van der Waals surface area contributed by atoms with Gasteiger partial charge in [0.2, 0.25) is 5.91 Å². The van der Waals surface area contributed by atoms with Gasteiger partial charge < -0.3 is 10.2 Å². The molecule has 2 amide bonds. The van der Waals surface area contributed by atoms with E-state index in [1.165, 1.54) is 6.07 Å². The Hall–Kier alpha value is -2.40. The van der Waals surface area contributed by atoms with Crippen LogP contribution in [0.4, 0.5) is 4.39 Å². The molecule has 1 aliphatic rings. The van der Waals surface area contributed by atoms with E-state index in [2.05, 4.69) is 5.32 Å². The highest BCUT2D eigenvalue weighted by atomic mass is 35.5. The smallest absolute Gasteiger partial charge is 0.253 e. The standard InChI is InChI=1S/C19H18ClFN2O2/c1-22-18(25)19(10-14-4-2-3-5-16(14)21)11-23(12-19)17(24)13-6-8-15(20)9-7-13/h2-9H,10-12H2,1H3,(H,22,25). The molecule has 1 aliphatic heterocycles. The Morgan fingerprint density at radius 3 is 2.40 bits per heavy atom. The van der Waals surface area contributed by atoms with Gasteiger partial charge in [0, 0.05) is 30.7 Å². The Labute approximate surface area is 150 Å². The van der Waals surface area contributed by atoms with Gasteiger partial charge in [0.25, 0.3) is 5.91 Å². The van der Waals surface area contributed by atoms with Crippen LogP contribution in [0.15, 0.2) is 48.5 Å². The van der Waals surface area contributed by atoms with Crippen LogP contribution in [0.5, 0.6) is 0 Å². The highest BCUT2D eigenvalue weighted by molar-refractivity contribution is 6.30. The van der Waals surface area contributed by atoms with E-state index in [1.54, 1.807) is 54.4 Å². The SMILES string of the molecule is CNC(=O)C1(Cc2ccccc2F)CN(C(=O)c2ccc(Cl)cc2)C1. The molecule has 4 nitrogen and oxygen atoms in total. The van der Waals surface area contributed by atoms with Crippen LogP contribution < -0.4 is 5.32 Å². The summed E-state index contributed by atoms with van der Waals surface area (Å²) in [5.41, 5.74) is 0.185. The molecular weight excluding hydrogens is 343 g/mol. The first-order valence-corrected chi connectivity index (χ1v) is 8.33. The zero-order valence-corrected chi connectivity index (χ0v) is 14.5. The fourth-order valence-corrected chi connectivity index (χ4v) is 3.34. The summed E-state index contributed by atoms with van der Waals surface area (Å²) in [5.74, 6) is -0.686. The molecule has 0 unspecified atom stereocenters. The van der Waals surface area contributed by atoms with Crippen molar-refractivity contribution in [3.05, 3.63) is 70.5 Å². The number of rotatable bonds is 4. The van der Waals surface area contributed by atoms with Gasteiger partial charge in [-0.15, -0.1) is 0 Å². The van der Waals surface area contributed by atoms with Crippen LogP contribution in [0.2, 0.25) is 5.02 Å². The molecule has 1 heterocycles. The summed E-state index contributed by atoms with van der Waals surface area (Å²) in [5, 5.41) is 3.19. The number of hydrogen-bond donors (Lipinski definition) is 1. The zero-order chi connectivity index (χ0) is 18.0. The predicted octanol–water partition coefficient (Wildman–Crippen LogP) is 2.91. The first-order valence-electron chi connectivity index (χ1n) is 7.96. The minimum absolute atomic E-state index is 0.162. The maximum absolute atomic E-state index is 14.0. The Kier molecular flexibility index (Phi) is 4.77. The van der Waals surface area contributed by atoms with E-state index < -0.39 is 5.41 Å². The molecule has 130 valence electrons. The third-order valence-electron chi connectivity index (χ3n) is 4.56. The number of hydrogen-bond acceptors (Lipinski definition) is 2. The largest absolute Gasteiger partial charge is 0.359 e. The molecular formula is C19H18ClFN2O2. The normalized spacial score (nSPS) is 15.4. The van der Waals surface area contributed by atoms with E-state index >= 15 is 0 Å². The number of benzene rings is 2. The molecule has 1 N–H and O–H groups in total. The number of nitrogens with zero attached hydrogens (tertiary/aromatic N) is 1. The number of carbonyl (C=O) groups is 2. The molecule has 2 aromatic carbocycles. The maximum Gasteiger partial charge on any atom is 0.253 e. The molecule has 0 bridgehead atoms. The first-order chi connectivity index (χ1) is 11.9. The second kappa shape index (κ2) is 6.84. The van der Waals surface area contributed by atoms with Crippen molar-refractivity contribution in [3.63, 3.8) is 0 Å². The van der Waals surface area contributed by atoms with Crippen molar-refractivity contribution < 1.29 is 14.0 Å². The van der Waals surface area contributed by atoms with Crippen LogP contribution >= 0.6 is 11.6 Å². The van der Waals surface area contributed by atoms with Gasteiger partial charge >= 0.3 is 0 Å². The Balaban J connectivity index is 1.77. The highest BCUT2D eigenvalue weighted by Gasteiger charge is 2.50. The molecule has 1 saturated heterocycles. The molecule has 0 spiro atoms. The van der Waals surface area contributed by atoms with Crippen molar-refractivity contribution in [1.29, 1.82) is 0 Å². The van der Waals surface area contributed by atoms with E-state index in [0.29, 0.717) is 16.1 Å². The van der Waals surface area contributed by atoms with Crippen LogP contribution in [0.1, 0.15) is 15.9 Å². The van der Waals surface area contributed by atoms with Crippen LogP contribution in [0, 0.1) is 11.2 Å². The molecule has 2 aromatic rings. The van der Waals surface area contributed by atoms with Crippen molar-refractivity contribution in [1.82, 2.24) is 10.2 Å². The summed E-state index contributed by atoms with van der Waals surface area (Å²) < 4.78 is 14.0. The molecule has 3 rings (SSSR count). The lowest BCUT2D eigenvalue weighted by atomic mass is 9.73. The second-order valence-corrected chi connectivity index (χ2v) is 6.73. The quantitative estimate of drug-likeness (QED) is 0.911. The van der Waals surface area contributed by atoms with Crippen molar-refractivity contribution in [2.24, 2.45) is 5.41 Å². The Morgan fingerprint density at radius 1 is 1.16 bits per heavy atom. The molecule has 0 saturated carbocycles. The van der Waals surface area contributed by atoms with Crippen LogP contribution in [0.3, 0.4) is 0 Å². The van der Waals surface area contributed by atoms with Crippen LogP contribution in [0.25, 0.3) is 0 Å². The van der Waals surface area contributed by atoms with Gasteiger partial charge in [-0.3, -0.25) is 9.59 Å². The average molecular weight is 361 g/mol. The third-order valence-corrected chi connectivity index (χ3v) is 4.81. The van der Waals surface area contributed by atoms with Crippen LogP contribution in [-0.4, -0.2) is 36.9 Å². The summed E-state index contributed by atoms with van der Waals surface area (Å²) in [6.07, 6.45) is 0.254. The van der Waals surface area contributed by atoms with Crippen molar-refractivity contribution in [2.75, 3.05) is 20.1 Å². The first kappa shape index (κ1) is 17.4. The van der Waals surface area contributed by atoms with Gasteiger partial charge in [0.1, 0.15) is 5.82 Å². The Morgan fingerprint density at radius 2 is 1.80 bits per heavy atom. The lowest BCUT2D eigenvalue weighted by Crippen LogP contribution is -2.65. The van der Waals surface area contributed by atoms with Gasteiger partial charge in [0.15, 0.2) is 0 Å². The van der Waals surface area contributed by atoms with E-state index in [0.717, 1.165) is 0 Å². The fraction of sp³-hybridized carbons (Fsp3) is 0.263. The van der Waals surface area contributed by atoms with E-state index in [1.807, 2.05) is 0 Å². The monoisotopic (exact) mass is 360 g/mol. The second-order valence-electron chi connectivity index (χ2n) is 6.30. The van der Waals surface area contributed by atoms with E-state index in [9.17, 15) is 14.0 Å². The lowest BCUT2D eigenvalue weighted by molar-refractivity contribution is -0.138. The van der Waals surface area contributed by atoms with E-state index in [4.69, 9.17) is 11.6 Å². The maximum atomic E-state index is 14.0. The zero-order valence-electron chi connectivity index (χ0n) is 13.8.